The van der Waals surface area contributed by atoms with Crippen molar-refractivity contribution in [2.24, 2.45) is 0 Å². The van der Waals surface area contributed by atoms with Gasteiger partial charge in [-0.2, -0.15) is 0 Å². The summed E-state index contributed by atoms with van der Waals surface area (Å²) in [5, 5.41) is 7.51. The van der Waals surface area contributed by atoms with Crippen LogP contribution < -0.4 is 0 Å². The molecule has 6 nitrogen and oxygen atoms in total. The summed E-state index contributed by atoms with van der Waals surface area (Å²) in [4.78, 5) is 25.6. The van der Waals surface area contributed by atoms with Gasteiger partial charge in [0, 0.05) is 25.9 Å². The van der Waals surface area contributed by atoms with Crippen LogP contribution in [0.25, 0.3) is 11.0 Å². The predicted molar refractivity (Wildman–Crippen MR) is 75.5 cm³/mol. The zero-order valence-corrected chi connectivity index (χ0v) is 11.9. The van der Waals surface area contributed by atoms with Crippen molar-refractivity contribution in [3.05, 3.63) is 23.8 Å². The Bertz CT molecular complexity index is 680. The normalized spacial score (nSPS) is 18.9. The Morgan fingerprint density at radius 1 is 1.38 bits per heavy atom. The molecule has 1 fully saturated rings. The van der Waals surface area contributed by atoms with E-state index in [9.17, 15) is 9.59 Å². The van der Waals surface area contributed by atoms with Gasteiger partial charge in [-0.05, 0) is 40.9 Å². The van der Waals surface area contributed by atoms with E-state index >= 15 is 0 Å². The summed E-state index contributed by atoms with van der Waals surface area (Å²) in [5.41, 5.74) is 2.20. The summed E-state index contributed by atoms with van der Waals surface area (Å²) in [6.45, 7) is 0. The Kier molecular flexibility index (Phi) is 3.68. The van der Waals surface area contributed by atoms with Gasteiger partial charge >= 0.3 is 0 Å². The number of fused-ring (bicyclic) bond motifs is 1. The molecule has 0 saturated heterocycles. The first-order valence-electron chi connectivity index (χ1n) is 7.12. The second-order valence-electron chi connectivity index (χ2n) is 5.56. The lowest BCUT2D eigenvalue weighted by molar-refractivity contribution is -0.133. The third kappa shape index (κ3) is 2.94. The van der Waals surface area contributed by atoms with E-state index in [1.54, 1.807) is 18.0 Å². The first kappa shape index (κ1) is 13.7. The van der Waals surface area contributed by atoms with E-state index in [2.05, 4.69) is 14.9 Å². The highest BCUT2D eigenvalue weighted by atomic mass is 16.6. The standard InChI is InChI=1S/C15H17N3O3/c1-18(11-3-2-4-12(19)9-11)15(20)8-10-5-6-13-14(7-10)17-21-16-13/h5-7,11H,2-4,8-9H2,1H3. The van der Waals surface area contributed by atoms with Crippen LogP contribution in [0.1, 0.15) is 31.2 Å². The molecule has 1 atom stereocenters. The van der Waals surface area contributed by atoms with Gasteiger partial charge in [0.25, 0.3) is 0 Å². The lowest BCUT2D eigenvalue weighted by Gasteiger charge is -2.30. The van der Waals surface area contributed by atoms with Crippen LogP contribution in [0.15, 0.2) is 22.8 Å². The first-order chi connectivity index (χ1) is 10.1. The van der Waals surface area contributed by atoms with Crippen LogP contribution in [-0.4, -0.2) is 40.0 Å². The summed E-state index contributed by atoms with van der Waals surface area (Å²) in [6.07, 6.45) is 3.20. The van der Waals surface area contributed by atoms with Gasteiger partial charge in [-0.25, -0.2) is 4.63 Å². The van der Waals surface area contributed by atoms with Crippen molar-refractivity contribution in [1.82, 2.24) is 15.2 Å². The molecule has 1 aromatic heterocycles. The Morgan fingerprint density at radius 3 is 3.00 bits per heavy atom. The van der Waals surface area contributed by atoms with E-state index in [0.717, 1.165) is 18.4 Å². The first-order valence-corrected chi connectivity index (χ1v) is 7.12. The van der Waals surface area contributed by atoms with Crippen LogP contribution in [0, 0.1) is 0 Å². The number of likely N-dealkylation sites (N-methyl/N-ethyl adjacent to an activating group) is 1. The van der Waals surface area contributed by atoms with E-state index in [4.69, 9.17) is 0 Å². The molecule has 110 valence electrons. The molecule has 0 radical (unpaired) electrons. The SMILES string of the molecule is CN(C(=O)Cc1ccc2nonc2c1)C1CCCC(=O)C1. The Morgan fingerprint density at radius 2 is 2.19 bits per heavy atom. The summed E-state index contributed by atoms with van der Waals surface area (Å²) >= 11 is 0. The number of ketones is 1. The molecule has 1 saturated carbocycles. The van der Waals surface area contributed by atoms with E-state index in [1.165, 1.54) is 0 Å². The van der Waals surface area contributed by atoms with Crippen LogP contribution >= 0.6 is 0 Å². The zero-order chi connectivity index (χ0) is 14.8. The topological polar surface area (TPSA) is 76.3 Å². The zero-order valence-electron chi connectivity index (χ0n) is 11.9. The third-order valence-corrected chi connectivity index (χ3v) is 4.07. The number of Topliss-reactive ketones (excluding diaryl/α,β-unsaturated/α-hetero) is 1. The maximum absolute atomic E-state index is 12.3. The average molecular weight is 287 g/mol. The number of hydrogen-bond donors (Lipinski definition) is 0. The quantitative estimate of drug-likeness (QED) is 0.859. The monoisotopic (exact) mass is 287 g/mol. The van der Waals surface area contributed by atoms with Crippen LogP contribution in [0.4, 0.5) is 0 Å². The maximum atomic E-state index is 12.3. The molecule has 1 aromatic carbocycles. The van der Waals surface area contributed by atoms with Gasteiger partial charge in [-0.3, -0.25) is 9.59 Å². The third-order valence-electron chi connectivity index (χ3n) is 4.07. The summed E-state index contributed by atoms with van der Waals surface area (Å²) in [6, 6.07) is 5.49. The van der Waals surface area contributed by atoms with E-state index in [1.807, 2.05) is 12.1 Å². The van der Waals surface area contributed by atoms with Gasteiger partial charge in [0.1, 0.15) is 16.8 Å². The molecule has 1 aliphatic rings. The second kappa shape index (κ2) is 5.63. The lowest BCUT2D eigenvalue weighted by Crippen LogP contribution is -2.41. The fourth-order valence-corrected chi connectivity index (χ4v) is 2.77. The molecule has 3 rings (SSSR count). The molecule has 0 spiro atoms. The molecule has 0 N–H and O–H groups in total. The molecule has 2 aromatic rings. The second-order valence-corrected chi connectivity index (χ2v) is 5.56. The van der Waals surface area contributed by atoms with Crippen molar-refractivity contribution in [2.75, 3.05) is 7.05 Å². The fourth-order valence-electron chi connectivity index (χ4n) is 2.77. The van der Waals surface area contributed by atoms with Crippen molar-refractivity contribution < 1.29 is 14.2 Å². The molecule has 1 aliphatic carbocycles. The number of rotatable bonds is 3. The highest BCUT2D eigenvalue weighted by Crippen LogP contribution is 2.20. The molecule has 0 aliphatic heterocycles. The van der Waals surface area contributed by atoms with E-state index in [-0.39, 0.29) is 17.7 Å². The summed E-state index contributed by atoms with van der Waals surface area (Å²) < 4.78 is 4.65. The van der Waals surface area contributed by atoms with Gasteiger partial charge in [0.05, 0.1) is 6.42 Å². The van der Waals surface area contributed by atoms with Gasteiger partial charge in [0.2, 0.25) is 5.91 Å². The van der Waals surface area contributed by atoms with Crippen LogP contribution in [-0.2, 0) is 16.0 Å². The van der Waals surface area contributed by atoms with Gasteiger partial charge in [0.15, 0.2) is 0 Å². The van der Waals surface area contributed by atoms with Crippen molar-refractivity contribution in [3.63, 3.8) is 0 Å². The van der Waals surface area contributed by atoms with Crippen LogP contribution in [0.3, 0.4) is 0 Å². The number of carbonyl (C=O) groups is 2. The van der Waals surface area contributed by atoms with Gasteiger partial charge < -0.3 is 4.90 Å². The van der Waals surface area contributed by atoms with E-state index < -0.39 is 0 Å². The number of amides is 1. The van der Waals surface area contributed by atoms with Crippen LogP contribution in [0.2, 0.25) is 0 Å². The van der Waals surface area contributed by atoms with Crippen molar-refractivity contribution >= 4 is 22.7 Å². The van der Waals surface area contributed by atoms with Gasteiger partial charge in [-0.1, -0.05) is 6.07 Å². The summed E-state index contributed by atoms with van der Waals surface area (Å²) in [5.74, 6) is 0.270. The van der Waals surface area contributed by atoms with Crippen molar-refractivity contribution in [1.29, 1.82) is 0 Å². The van der Waals surface area contributed by atoms with Crippen molar-refractivity contribution in [3.8, 4) is 0 Å². The number of nitrogens with zero attached hydrogens (tertiary/aromatic N) is 3. The molecule has 1 amide bonds. The maximum Gasteiger partial charge on any atom is 0.226 e. The highest BCUT2D eigenvalue weighted by molar-refractivity contribution is 5.83. The van der Waals surface area contributed by atoms with Gasteiger partial charge in [-0.15, -0.1) is 0 Å². The minimum absolute atomic E-state index is 0.0190. The predicted octanol–water partition coefficient (Wildman–Crippen LogP) is 1.74. The van der Waals surface area contributed by atoms with E-state index in [0.29, 0.717) is 30.3 Å². The number of hydrogen-bond acceptors (Lipinski definition) is 5. The molecule has 1 unspecified atom stereocenters. The molecule has 1 heterocycles. The number of carbonyl (C=O) groups excluding carboxylic acids is 2. The minimum Gasteiger partial charge on any atom is -0.342 e. The smallest absolute Gasteiger partial charge is 0.226 e. The lowest BCUT2D eigenvalue weighted by atomic mass is 9.93. The Labute approximate surface area is 122 Å². The highest BCUT2D eigenvalue weighted by Gasteiger charge is 2.25. The molecule has 0 bridgehead atoms. The molecule has 6 heteroatoms. The average Bonchev–Trinajstić information content (AvgIpc) is 2.94. The minimum atomic E-state index is 0.0190. The molecule has 21 heavy (non-hydrogen) atoms. The largest absolute Gasteiger partial charge is 0.342 e. The Hall–Kier alpha value is -2.24. The molecular weight excluding hydrogens is 270 g/mol. The summed E-state index contributed by atoms with van der Waals surface area (Å²) in [7, 11) is 1.78. The van der Waals surface area contributed by atoms with Crippen LogP contribution in [0.5, 0.6) is 0 Å². The molecular formula is C15H17N3O3. The number of aromatic nitrogens is 2. The Balaban J connectivity index is 1.68. The van der Waals surface area contributed by atoms with Crippen molar-refractivity contribution in [2.45, 2.75) is 38.1 Å². The number of benzene rings is 1. The fraction of sp³-hybridized carbons (Fsp3) is 0.467.